The first-order valence-corrected chi connectivity index (χ1v) is 22.3. The van der Waals surface area contributed by atoms with Gasteiger partial charge < -0.3 is 0 Å². The molecule has 0 amide bonds. The normalized spacial score (nSPS) is 13.6. The molecule has 158 valence electrons. The second-order valence-electron chi connectivity index (χ2n) is 9.81. The predicted octanol–water partition coefficient (Wildman–Crippen LogP) is 8.01. The molecule has 4 heteroatoms. The molecule has 0 saturated heterocycles. The van der Waals surface area contributed by atoms with E-state index in [9.17, 15) is 0 Å². The van der Waals surface area contributed by atoms with Gasteiger partial charge in [-0.05, 0) is 0 Å². The Morgan fingerprint density at radius 2 is 1.27 bits per heavy atom. The van der Waals surface area contributed by atoms with Gasteiger partial charge in [-0.25, -0.2) is 0 Å². The molecule has 0 spiro atoms. The molecule has 0 aromatic rings. The Morgan fingerprint density at radius 3 is 1.62 bits per heavy atom. The van der Waals surface area contributed by atoms with Gasteiger partial charge >= 0.3 is 172 Å². The van der Waals surface area contributed by atoms with E-state index in [0.717, 1.165) is 4.62 Å². The maximum absolute atomic E-state index is 6.41. The summed E-state index contributed by atoms with van der Waals surface area (Å²) in [5, 5.41) is 0.267. The second-order valence-corrected chi connectivity index (χ2v) is 28.1. The Hall–Kier alpha value is 0.936. The van der Waals surface area contributed by atoms with Gasteiger partial charge in [0, 0.05) is 0 Å². The average molecular weight is 493 g/mol. The molecule has 0 aliphatic heterocycles. The average Bonchev–Trinajstić information content (AvgIpc) is 2.59. The van der Waals surface area contributed by atoms with Crippen molar-refractivity contribution < 1.29 is 9.16 Å². The van der Waals surface area contributed by atoms with E-state index < -0.39 is 26.7 Å². The summed E-state index contributed by atoms with van der Waals surface area (Å²) in [6.45, 7) is 21.6. The van der Waals surface area contributed by atoms with Gasteiger partial charge in [-0.2, -0.15) is 0 Å². The van der Waals surface area contributed by atoms with Crippen molar-refractivity contribution in [3.63, 3.8) is 0 Å². The summed E-state index contributed by atoms with van der Waals surface area (Å²) < 4.78 is 18.4. The number of hydrogen-bond acceptors (Lipinski definition) is 2. The summed E-state index contributed by atoms with van der Waals surface area (Å²) in [4.78, 5) is 0. The summed E-state index contributed by atoms with van der Waals surface area (Å²) in [6.07, 6.45) is 8.22. The van der Waals surface area contributed by atoms with Crippen LogP contribution in [0.4, 0.5) is 0 Å². The predicted molar refractivity (Wildman–Crippen MR) is 123 cm³/mol. The molecule has 0 saturated carbocycles. The van der Waals surface area contributed by atoms with Crippen LogP contribution in [0.2, 0.25) is 31.4 Å². The minimum absolute atomic E-state index is 0.267. The van der Waals surface area contributed by atoms with E-state index in [2.05, 4.69) is 61.6 Å². The second kappa shape index (κ2) is 13.2. The van der Waals surface area contributed by atoms with Crippen LogP contribution in [-0.2, 0) is 9.16 Å². The van der Waals surface area contributed by atoms with Gasteiger partial charge in [-0.15, -0.1) is 0 Å². The summed E-state index contributed by atoms with van der Waals surface area (Å²) in [6, 6.07) is 0. The summed E-state index contributed by atoms with van der Waals surface area (Å²) in [7, 11) is -1.77. The molecule has 0 N–H and O–H groups in total. The first-order chi connectivity index (χ1) is 12.1. The van der Waals surface area contributed by atoms with E-state index in [4.69, 9.17) is 9.16 Å². The van der Waals surface area contributed by atoms with E-state index in [1.165, 1.54) is 51.8 Å². The van der Waals surface area contributed by atoms with Crippen molar-refractivity contribution in [2.75, 3.05) is 11.4 Å². The molecule has 0 bridgehead atoms. The molecule has 0 aromatic heterocycles. The monoisotopic (exact) mass is 494 g/mol. The van der Waals surface area contributed by atoms with Gasteiger partial charge in [0.05, 0.1) is 0 Å². The van der Waals surface area contributed by atoms with Crippen LogP contribution in [0.3, 0.4) is 0 Å². The summed E-state index contributed by atoms with van der Waals surface area (Å²) in [5.74, 6) is 0.640. The number of ether oxygens (including phenoxy) is 1. The standard InChI is InChI=1S/C10H23O2Si.3C4H9.Sn/c1-9(2)10(3,4)13(6,7)12-8-11-5;3*1-3-4-2;/h9H,5,8H2,1-4,6-7H3;3*1,3-4H2,2H3;. The van der Waals surface area contributed by atoms with Gasteiger partial charge in [0.25, 0.3) is 0 Å². The molecule has 2 nitrogen and oxygen atoms in total. The SMILES string of the molecule is CCC[CH2][Sn]([CH2]CCC)([CH2]CCC)[CH2]OCO[Si](C)(C)C(C)(C)C(C)C. The van der Waals surface area contributed by atoms with Gasteiger partial charge in [-0.3, -0.25) is 0 Å². The Kier molecular flexibility index (Phi) is 13.7. The molecule has 0 aliphatic carbocycles. The molecule has 0 fully saturated rings. The molecule has 0 rings (SSSR count). The molecule has 0 radical (unpaired) electrons. The van der Waals surface area contributed by atoms with E-state index in [1.54, 1.807) is 0 Å². The molecular weight excluding hydrogens is 443 g/mol. The van der Waals surface area contributed by atoms with Crippen LogP contribution < -0.4 is 0 Å². The Morgan fingerprint density at radius 1 is 0.846 bits per heavy atom. The van der Waals surface area contributed by atoms with E-state index >= 15 is 0 Å². The third kappa shape index (κ3) is 8.96. The van der Waals surface area contributed by atoms with Gasteiger partial charge in [0.1, 0.15) is 0 Å². The van der Waals surface area contributed by atoms with Crippen LogP contribution in [0.5, 0.6) is 0 Å². The van der Waals surface area contributed by atoms with Crippen molar-refractivity contribution >= 4 is 26.7 Å². The molecule has 0 unspecified atom stereocenters. The first kappa shape index (κ1) is 26.9. The van der Waals surface area contributed by atoms with Crippen LogP contribution in [0.15, 0.2) is 0 Å². The van der Waals surface area contributed by atoms with Gasteiger partial charge in [0.15, 0.2) is 0 Å². The van der Waals surface area contributed by atoms with Crippen molar-refractivity contribution in [2.24, 2.45) is 5.92 Å². The zero-order valence-corrected chi connectivity index (χ0v) is 23.5. The fraction of sp³-hybridized carbons (Fsp3) is 1.00. The number of hydrogen-bond donors (Lipinski definition) is 0. The van der Waals surface area contributed by atoms with Crippen molar-refractivity contribution in [1.29, 1.82) is 0 Å². The molecular formula is C22H50O2SiSn. The van der Waals surface area contributed by atoms with Crippen molar-refractivity contribution in [3.8, 4) is 0 Å². The minimum atomic E-state index is -2.17. The Labute approximate surface area is 171 Å². The molecule has 0 aliphatic rings. The third-order valence-corrected chi connectivity index (χ3v) is 26.0. The van der Waals surface area contributed by atoms with E-state index in [1.807, 2.05) is 0 Å². The fourth-order valence-corrected chi connectivity index (χ4v) is 20.0. The van der Waals surface area contributed by atoms with Crippen LogP contribution in [0.25, 0.3) is 0 Å². The fourth-order valence-electron chi connectivity index (χ4n) is 3.58. The molecule has 26 heavy (non-hydrogen) atoms. The molecule has 0 heterocycles. The van der Waals surface area contributed by atoms with Crippen molar-refractivity contribution in [3.05, 3.63) is 0 Å². The van der Waals surface area contributed by atoms with Gasteiger partial charge in [-0.1, -0.05) is 0 Å². The molecule has 0 aromatic carbocycles. The zero-order chi connectivity index (χ0) is 20.3. The first-order valence-electron chi connectivity index (χ1n) is 11.3. The Bertz CT molecular complexity index is 334. The van der Waals surface area contributed by atoms with Gasteiger partial charge in [0.2, 0.25) is 0 Å². The molecule has 0 atom stereocenters. The topological polar surface area (TPSA) is 18.5 Å². The van der Waals surface area contributed by atoms with Crippen LogP contribution in [0, 0.1) is 5.92 Å². The van der Waals surface area contributed by atoms with Crippen molar-refractivity contribution in [1.82, 2.24) is 0 Å². The van der Waals surface area contributed by atoms with Crippen LogP contribution in [-0.4, -0.2) is 38.1 Å². The summed E-state index contributed by atoms with van der Waals surface area (Å²) >= 11 is -2.17. The number of unbranched alkanes of at least 4 members (excludes halogenated alkanes) is 3. The zero-order valence-electron chi connectivity index (χ0n) is 19.7. The maximum atomic E-state index is 6.41. The number of rotatable bonds is 16. The quantitative estimate of drug-likeness (QED) is 0.123. The Balaban J connectivity index is 4.80. The van der Waals surface area contributed by atoms with Crippen molar-refractivity contribution in [2.45, 2.75) is 118 Å². The summed E-state index contributed by atoms with van der Waals surface area (Å²) in [5.41, 5.74) is 0. The van der Waals surface area contributed by atoms with Crippen LogP contribution in [0.1, 0.15) is 87.0 Å². The van der Waals surface area contributed by atoms with E-state index in [-0.39, 0.29) is 5.04 Å². The third-order valence-electron chi connectivity index (χ3n) is 7.09. The van der Waals surface area contributed by atoms with E-state index in [0.29, 0.717) is 12.7 Å². The van der Waals surface area contributed by atoms with Crippen LogP contribution >= 0.6 is 0 Å².